The summed E-state index contributed by atoms with van der Waals surface area (Å²) in [4.78, 5) is 9.60. The van der Waals surface area contributed by atoms with Crippen LogP contribution in [0.1, 0.15) is 12.5 Å². The van der Waals surface area contributed by atoms with Crippen LogP contribution in [-0.4, -0.2) is 55.3 Å². The highest BCUT2D eigenvalue weighted by molar-refractivity contribution is 9.10. The summed E-state index contributed by atoms with van der Waals surface area (Å²) in [6, 6.07) is 2.77. The normalized spacial score (nSPS) is 28.1. The summed E-state index contributed by atoms with van der Waals surface area (Å²) in [6.45, 7) is 10.4. The van der Waals surface area contributed by atoms with Crippen LogP contribution in [0.2, 0.25) is 0 Å². The number of ether oxygens (including phenoxy) is 1. The quantitative estimate of drug-likeness (QED) is 0.826. The van der Waals surface area contributed by atoms with Gasteiger partial charge in [0.1, 0.15) is 5.82 Å². The number of aryl methyl sites for hydroxylation is 1. The third kappa shape index (κ3) is 2.85. The van der Waals surface area contributed by atoms with E-state index in [-0.39, 0.29) is 0 Å². The van der Waals surface area contributed by atoms with Gasteiger partial charge in [-0.3, -0.25) is 4.90 Å². The van der Waals surface area contributed by atoms with Gasteiger partial charge in [-0.15, -0.1) is 0 Å². The lowest BCUT2D eigenvalue weighted by molar-refractivity contribution is 0.0134. The van der Waals surface area contributed by atoms with Crippen molar-refractivity contribution >= 4 is 21.7 Å². The number of nitrogens with zero attached hydrogens (tertiary/aromatic N) is 3. The third-order valence-corrected chi connectivity index (χ3v) is 4.93. The number of morpholine rings is 1. The number of halogens is 1. The van der Waals surface area contributed by atoms with Crippen molar-refractivity contribution in [2.75, 3.05) is 44.3 Å². The minimum Gasteiger partial charge on any atom is -0.379 e. The summed E-state index contributed by atoms with van der Waals surface area (Å²) in [5.41, 5.74) is 1.19. The molecule has 0 bridgehead atoms. The predicted octanol–water partition coefficient (Wildman–Crippen LogP) is 2.31. The molecule has 1 aromatic heterocycles. The Labute approximate surface area is 129 Å². The van der Waals surface area contributed by atoms with Gasteiger partial charge >= 0.3 is 0 Å². The van der Waals surface area contributed by atoms with Crippen LogP contribution in [0, 0.1) is 12.8 Å². The lowest BCUT2D eigenvalue weighted by atomic mass is 10.0. The monoisotopic (exact) mass is 339 g/mol. The van der Waals surface area contributed by atoms with Crippen LogP contribution in [0.25, 0.3) is 0 Å². The fourth-order valence-corrected chi connectivity index (χ4v) is 3.98. The average Bonchev–Trinajstić information content (AvgIpc) is 2.81. The highest BCUT2D eigenvalue weighted by Gasteiger charge is 2.35. The maximum absolute atomic E-state index is 5.46. The number of aromatic nitrogens is 1. The standard InChI is InChI=1S/C15H22BrN3O/c1-11-7-13(16)15(17-8-11)19-9-12(2)14(10-19)18-3-5-20-6-4-18/h7-8,12,14H,3-6,9-10H2,1-2H3/t12-,14-/m0/s1. The molecule has 2 atom stereocenters. The van der Waals surface area contributed by atoms with Gasteiger partial charge in [0.15, 0.2) is 0 Å². The fourth-order valence-electron chi connectivity index (χ4n) is 3.27. The molecular formula is C15H22BrN3O. The molecule has 2 aliphatic heterocycles. The number of anilines is 1. The molecule has 3 rings (SSSR count). The van der Waals surface area contributed by atoms with Crippen molar-refractivity contribution in [3.63, 3.8) is 0 Å². The number of hydrogen-bond donors (Lipinski definition) is 0. The Morgan fingerprint density at radius 1 is 1.30 bits per heavy atom. The fraction of sp³-hybridized carbons (Fsp3) is 0.667. The predicted molar refractivity (Wildman–Crippen MR) is 84.2 cm³/mol. The molecule has 0 unspecified atom stereocenters. The SMILES string of the molecule is Cc1cnc(N2C[C@H](C)[C@@H](N3CCOCC3)C2)c(Br)c1. The highest BCUT2D eigenvalue weighted by Crippen LogP contribution is 2.31. The van der Waals surface area contributed by atoms with Crippen molar-refractivity contribution in [3.05, 3.63) is 22.3 Å². The van der Waals surface area contributed by atoms with E-state index >= 15 is 0 Å². The Morgan fingerprint density at radius 3 is 2.75 bits per heavy atom. The van der Waals surface area contributed by atoms with Crippen molar-refractivity contribution in [1.82, 2.24) is 9.88 Å². The van der Waals surface area contributed by atoms with Crippen molar-refractivity contribution in [2.24, 2.45) is 5.92 Å². The topological polar surface area (TPSA) is 28.6 Å². The van der Waals surface area contributed by atoms with Crippen LogP contribution in [0.3, 0.4) is 0 Å². The summed E-state index contributed by atoms with van der Waals surface area (Å²) < 4.78 is 6.57. The third-order valence-electron chi connectivity index (χ3n) is 4.35. The molecule has 1 aromatic rings. The van der Waals surface area contributed by atoms with Gasteiger partial charge in [0, 0.05) is 38.4 Å². The molecule has 0 radical (unpaired) electrons. The van der Waals surface area contributed by atoms with Gasteiger partial charge in [0.05, 0.1) is 17.7 Å². The Morgan fingerprint density at radius 2 is 2.05 bits per heavy atom. The molecule has 0 aromatic carbocycles. The minimum absolute atomic E-state index is 0.619. The van der Waals surface area contributed by atoms with E-state index in [9.17, 15) is 0 Å². The molecular weight excluding hydrogens is 318 g/mol. The molecule has 3 heterocycles. The Kier molecular flexibility index (Phi) is 4.29. The average molecular weight is 340 g/mol. The molecule has 110 valence electrons. The molecule has 2 fully saturated rings. The van der Waals surface area contributed by atoms with E-state index in [1.54, 1.807) is 0 Å². The summed E-state index contributed by atoms with van der Waals surface area (Å²) >= 11 is 3.66. The van der Waals surface area contributed by atoms with Crippen LogP contribution < -0.4 is 4.90 Å². The van der Waals surface area contributed by atoms with Crippen LogP contribution in [0.4, 0.5) is 5.82 Å². The van der Waals surface area contributed by atoms with Gasteiger partial charge in [-0.2, -0.15) is 0 Å². The highest BCUT2D eigenvalue weighted by atomic mass is 79.9. The Balaban J connectivity index is 1.73. The van der Waals surface area contributed by atoms with Crippen LogP contribution in [0.5, 0.6) is 0 Å². The van der Waals surface area contributed by atoms with E-state index in [2.05, 4.69) is 50.6 Å². The molecule has 0 aliphatic carbocycles. The summed E-state index contributed by atoms with van der Waals surface area (Å²) in [5.74, 6) is 1.75. The second-order valence-electron chi connectivity index (χ2n) is 5.92. The van der Waals surface area contributed by atoms with Crippen LogP contribution >= 0.6 is 15.9 Å². The van der Waals surface area contributed by atoms with Crippen molar-refractivity contribution in [2.45, 2.75) is 19.9 Å². The molecule has 2 aliphatic rings. The zero-order chi connectivity index (χ0) is 14.1. The van der Waals surface area contributed by atoms with Crippen molar-refractivity contribution in [3.8, 4) is 0 Å². The maximum atomic E-state index is 5.46. The molecule has 0 saturated carbocycles. The summed E-state index contributed by atoms with van der Waals surface area (Å²) in [6.07, 6.45) is 1.95. The van der Waals surface area contributed by atoms with Crippen molar-refractivity contribution in [1.29, 1.82) is 0 Å². The van der Waals surface area contributed by atoms with Crippen LogP contribution in [0.15, 0.2) is 16.7 Å². The zero-order valence-corrected chi connectivity index (χ0v) is 13.8. The first-order valence-corrected chi connectivity index (χ1v) is 8.13. The second kappa shape index (κ2) is 6.00. The molecule has 2 saturated heterocycles. The van der Waals surface area contributed by atoms with E-state index in [4.69, 9.17) is 4.74 Å². The molecule has 0 N–H and O–H groups in total. The van der Waals surface area contributed by atoms with E-state index in [1.165, 1.54) is 5.56 Å². The molecule has 4 nitrogen and oxygen atoms in total. The summed E-state index contributed by atoms with van der Waals surface area (Å²) in [5, 5.41) is 0. The van der Waals surface area contributed by atoms with E-state index in [0.717, 1.165) is 49.7 Å². The van der Waals surface area contributed by atoms with E-state index in [0.29, 0.717) is 12.0 Å². The zero-order valence-electron chi connectivity index (χ0n) is 12.2. The number of hydrogen-bond acceptors (Lipinski definition) is 4. The smallest absolute Gasteiger partial charge is 0.142 e. The number of pyridine rings is 1. The van der Waals surface area contributed by atoms with Crippen LogP contribution in [-0.2, 0) is 4.74 Å². The van der Waals surface area contributed by atoms with Crippen molar-refractivity contribution < 1.29 is 4.74 Å². The summed E-state index contributed by atoms with van der Waals surface area (Å²) in [7, 11) is 0. The molecule has 0 spiro atoms. The molecule has 20 heavy (non-hydrogen) atoms. The first kappa shape index (κ1) is 14.3. The van der Waals surface area contributed by atoms with E-state index < -0.39 is 0 Å². The van der Waals surface area contributed by atoms with Gasteiger partial charge in [0.2, 0.25) is 0 Å². The van der Waals surface area contributed by atoms with Gasteiger partial charge in [0.25, 0.3) is 0 Å². The second-order valence-corrected chi connectivity index (χ2v) is 6.77. The number of rotatable bonds is 2. The molecule has 0 amide bonds. The largest absolute Gasteiger partial charge is 0.379 e. The minimum atomic E-state index is 0.619. The van der Waals surface area contributed by atoms with Gasteiger partial charge in [-0.05, 0) is 40.4 Å². The Hall–Kier alpha value is -0.650. The first-order chi connectivity index (χ1) is 9.65. The van der Waals surface area contributed by atoms with Gasteiger partial charge in [-0.1, -0.05) is 6.92 Å². The van der Waals surface area contributed by atoms with Gasteiger partial charge in [-0.25, -0.2) is 4.98 Å². The molecule has 5 heteroatoms. The Bertz CT molecular complexity index is 476. The lowest BCUT2D eigenvalue weighted by Crippen LogP contribution is -2.46. The van der Waals surface area contributed by atoms with Gasteiger partial charge < -0.3 is 9.64 Å². The van der Waals surface area contributed by atoms with E-state index in [1.807, 2.05) is 6.20 Å². The first-order valence-electron chi connectivity index (χ1n) is 7.34. The maximum Gasteiger partial charge on any atom is 0.142 e. The lowest BCUT2D eigenvalue weighted by Gasteiger charge is -2.34.